The number of benzene rings is 2. The largest absolute Gasteiger partial charge is 0.289 e. The molecule has 2 aliphatic carbocycles. The van der Waals surface area contributed by atoms with Gasteiger partial charge in [-0.3, -0.25) is 4.90 Å². The van der Waals surface area contributed by atoms with Gasteiger partial charge >= 0.3 is 0 Å². The average Bonchev–Trinajstić information content (AvgIpc) is 2.99. The smallest absolute Gasteiger partial charge is 0.0523 e. The van der Waals surface area contributed by atoms with Gasteiger partial charge in [-0.25, -0.2) is 0 Å². The lowest BCUT2D eigenvalue weighted by Gasteiger charge is -2.57. The predicted octanol–water partition coefficient (Wildman–Crippen LogP) is 5.29. The van der Waals surface area contributed by atoms with Crippen molar-refractivity contribution in [1.29, 1.82) is 0 Å². The number of rotatable bonds is 2. The quantitative estimate of drug-likeness (QED) is 0.727. The SMILES string of the molecule is c1ccc(CN2CCC34CCCCC23c2ccccc2CC4)cc1. The Hall–Kier alpha value is -1.60. The molecule has 0 amide bonds. The first-order valence-electron chi connectivity index (χ1n) is 9.72. The van der Waals surface area contributed by atoms with E-state index in [1.165, 1.54) is 57.1 Å². The molecule has 1 nitrogen and oxygen atoms in total. The summed E-state index contributed by atoms with van der Waals surface area (Å²) in [5, 5.41) is 0. The van der Waals surface area contributed by atoms with E-state index in [2.05, 4.69) is 59.5 Å². The number of hydrogen-bond acceptors (Lipinski definition) is 1. The van der Waals surface area contributed by atoms with Gasteiger partial charge in [-0.1, -0.05) is 67.4 Å². The minimum Gasteiger partial charge on any atom is -0.289 e. The van der Waals surface area contributed by atoms with Gasteiger partial charge in [0.25, 0.3) is 0 Å². The van der Waals surface area contributed by atoms with Gasteiger partial charge in [0.2, 0.25) is 0 Å². The first-order valence-corrected chi connectivity index (χ1v) is 9.72. The highest BCUT2D eigenvalue weighted by molar-refractivity contribution is 5.41. The zero-order chi connectivity index (χ0) is 16.0. The second kappa shape index (κ2) is 5.46. The molecule has 24 heavy (non-hydrogen) atoms. The zero-order valence-electron chi connectivity index (χ0n) is 14.5. The number of likely N-dealkylation sites (tertiary alicyclic amines) is 1. The van der Waals surface area contributed by atoms with Gasteiger partial charge < -0.3 is 0 Å². The fraction of sp³-hybridized carbons (Fsp3) is 0.478. The van der Waals surface area contributed by atoms with Crippen LogP contribution in [0.2, 0.25) is 0 Å². The van der Waals surface area contributed by atoms with Crippen molar-refractivity contribution in [3.05, 3.63) is 71.3 Å². The van der Waals surface area contributed by atoms with Crippen LogP contribution in [0, 0.1) is 5.41 Å². The van der Waals surface area contributed by atoms with Crippen LogP contribution in [-0.2, 0) is 18.5 Å². The Balaban J connectivity index is 1.63. The van der Waals surface area contributed by atoms with E-state index in [1.807, 2.05) is 0 Å². The van der Waals surface area contributed by atoms with Crippen LogP contribution in [0.15, 0.2) is 54.6 Å². The summed E-state index contributed by atoms with van der Waals surface area (Å²) >= 11 is 0. The Morgan fingerprint density at radius 1 is 0.792 bits per heavy atom. The topological polar surface area (TPSA) is 3.24 Å². The van der Waals surface area contributed by atoms with Crippen molar-refractivity contribution in [3.8, 4) is 0 Å². The molecule has 0 N–H and O–H groups in total. The van der Waals surface area contributed by atoms with Gasteiger partial charge in [0.1, 0.15) is 0 Å². The summed E-state index contributed by atoms with van der Waals surface area (Å²) in [5.74, 6) is 0. The fourth-order valence-corrected chi connectivity index (χ4v) is 6.26. The molecule has 5 rings (SSSR count). The monoisotopic (exact) mass is 317 g/mol. The van der Waals surface area contributed by atoms with Gasteiger partial charge in [-0.2, -0.15) is 0 Å². The molecule has 124 valence electrons. The first-order chi connectivity index (χ1) is 11.8. The Bertz CT molecular complexity index is 737. The molecular formula is C23H27N. The summed E-state index contributed by atoms with van der Waals surface area (Å²) in [6.07, 6.45) is 9.70. The number of fused-ring (bicyclic) bond motifs is 1. The third-order valence-corrected chi connectivity index (χ3v) is 7.27. The van der Waals surface area contributed by atoms with Crippen LogP contribution < -0.4 is 0 Å². The molecule has 2 aromatic carbocycles. The molecular weight excluding hydrogens is 290 g/mol. The maximum atomic E-state index is 2.86. The van der Waals surface area contributed by atoms with Gasteiger partial charge in [-0.15, -0.1) is 0 Å². The Labute approximate surface area is 145 Å². The lowest BCUT2D eigenvalue weighted by molar-refractivity contribution is -0.0300. The van der Waals surface area contributed by atoms with Crippen molar-refractivity contribution in [2.24, 2.45) is 5.41 Å². The molecule has 1 aliphatic heterocycles. The molecule has 1 heteroatoms. The van der Waals surface area contributed by atoms with Crippen molar-refractivity contribution >= 4 is 0 Å². The molecule has 1 heterocycles. The zero-order valence-corrected chi connectivity index (χ0v) is 14.5. The van der Waals surface area contributed by atoms with Crippen LogP contribution in [0.4, 0.5) is 0 Å². The summed E-state index contributed by atoms with van der Waals surface area (Å²) < 4.78 is 0. The summed E-state index contributed by atoms with van der Waals surface area (Å²) in [6, 6.07) is 20.5. The van der Waals surface area contributed by atoms with Gasteiger partial charge in [0, 0.05) is 6.54 Å². The molecule has 1 saturated carbocycles. The van der Waals surface area contributed by atoms with Gasteiger partial charge in [0.05, 0.1) is 5.54 Å². The molecule has 3 aliphatic rings. The molecule has 1 saturated heterocycles. The van der Waals surface area contributed by atoms with Crippen molar-refractivity contribution in [2.75, 3.05) is 6.54 Å². The molecule has 0 aromatic heterocycles. The molecule has 2 fully saturated rings. The molecule has 0 spiro atoms. The van der Waals surface area contributed by atoms with Crippen molar-refractivity contribution in [2.45, 2.75) is 57.0 Å². The standard InChI is InChI=1S/C23H27N/c1-2-8-19(9-3-1)18-24-17-16-22-13-6-7-14-23(22,24)21-11-5-4-10-20(21)12-15-22/h1-5,8-11H,6-7,12-18H2. The van der Waals surface area contributed by atoms with Crippen LogP contribution in [0.25, 0.3) is 0 Å². The Morgan fingerprint density at radius 2 is 1.58 bits per heavy atom. The van der Waals surface area contributed by atoms with Crippen LogP contribution in [0.5, 0.6) is 0 Å². The molecule has 2 atom stereocenters. The summed E-state index contributed by atoms with van der Waals surface area (Å²) in [7, 11) is 0. The molecule has 2 unspecified atom stereocenters. The highest BCUT2D eigenvalue weighted by atomic mass is 15.2. The Kier molecular flexibility index (Phi) is 3.35. The average molecular weight is 317 g/mol. The number of nitrogens with zero attached hydrogens (tertiary/aromatic N) is 1. The van der Waals surface area contributed by atoms with Crippen molar-refractivity contribution in [1.82, 2.24) is 4.90 Å². The lowest BCUT2D eigenvalue weighted by Crippen LogP contribution is -2.55. The predicted molar refractivity (Wildman–Crippen MR) is 98.8 cm³/mol. The van der Waals surface area contributed by atoms with E-state index in [4.69, 9.17) is 0 Å². The number of hydrogen-bond donors (Lipinski definition) is 0. The fourth-order valence-electron chi connectivity index (χ4n) is 6.26. The second-order valence-electron chi connectivity index (χ2n) is 8.16. The highest BCUT2D eigenvalue weighted by Gasteiger charge is 2.61. The van der Waals surface area contributed by atoms with Crippen LogP contribution in [0.1, 0.15) is 55.2 Å². The van der Waals surface area contributed by atoms with Crippen molar-refractivity contribution < 1.29 is 0 Å². The van der Waals surface area contributed by atoms with E-state index in [-0.39, 0.29) is 0 Å². The molecule has 2 aromatic rings. The molecule has 0 bridgehead atoms. The van der Waals surface area contributed by atoms with E-state index >= 15 is 0 Å². The third kappa shape index (κ3) is 1.91. The summed E-state index contributed by atoms with van der Waals surface area (Å²) in [4.78, 5) is 2.86. The van der Waals surface area contributed by atoms with E-state index in [9.17, 15) is 0 Å². The van der Waals surface area contributed by atoms with Crippen molar-refractivity contribution in [3.63, 3.8) is 0 Å². The lowest BCUT2D eigenvalue weighted by atomic mass is 9.53. The third-order valence-electron chi connectivity index (χ3n) is 7.27. The van der Waals surface area contributed by atoms with Crippen LogP contribution >= 0.6 is 0 Å². The normalized spacial score (nSPS) is 32.0. The van der Waals surface area contributed by atoms with Gasteiger partial charge in [0.15, 0.2) is 0 Å². The number of aryl methyl sites for hydroxylation is 1. The van der Waals surface area contributed by atoms with E-state index < -0.39 is 0 Å². The van der Waals surface area contributed by atoms with Crippen LogP contribution in [-0.4, -0.2) is 11.4 Å². The first kappa shape index (κ1) is 14.7. The Morgan fingerprint density at radius 3 is 2.50 bits per heavy atom. The van der Waals surface area contributed by atoms with E-state index in [1.54, 1.807) is 11.1 Å². The van der Waals surface area contributed by atoms with E-state index in [0.717, 1.165) is 6.54 Å². The van der Waals surface area contributed by atoms with E-state index in [0.29, 0.717) is 11.0 Å². The minimum atomic E-state index is 0.302. The van der Waals surface area contributed by atoms with Gasteiger partial charge in [-0.05, 0) is 60.8 Å². The summed E-state index contributed by atoms with van der Waals surface area (Å²) in [6.45, 7) is 2.38. The highest BCUT2D eigenvalue weighted by Crippen LogP contribution is 2.64. The maximum Gasteiger partial charge on any atom is 0.0523 e. The maximum absolute atomic E-state index is 2.86. The summed E-state index contributed by atoms with van der Waals surface area (Å²) in [5.41, 5.74) is 5.60. The van der Waals surface area contributed by atoms with Crippen LogP contribution in [0.3, 0.4) is 0 Å². The molecule has 0 radical (unpaired) electrons. The minimum absolute atomic E-state index is 0.302. The second-order valence-corrected chi connectivity index (χ2v) is 8.16.